The second-order valence-electron chi connectivity index (χ2n) is 5.27. The van der Waals surface area contributed by atoms with Gasteiger partial charge in [-0.05, 0) is 30.2 Å². The molecule has 0 bridgehead atoms. The number of nitrogens with two attached hydrogens (primary N) is 1. The summed E-state index contributed by atoms with van der Waals surface area (Å²) in [7, 11) is 0. The number of amides is 1. The van der Waals surface area contributed by atoms with Crippen molar-refractivity contribution in [2.24, 2.45) is 5.73 Å². The third-order valence-corrected chi connectivity index (χ3v) is 4.11. The molecule has 1 unspecified atom stereocenters. The van der Waals surface area contributed by atoms with Crippen molar-refractivity contribution in [3.05, 3.63) is 53.6 Å². The maximum atomic E-state index is 11.6. The Labute approximate surface area is 117 Å². The van der Waals surface area contributed by atoms with Crippen molar-refractivity contribution in [1.29, 1.82) is 0 Å². The van der Waals surface area contributed by atoms with Gasteiger partial charge in [0.15, 0.2) is 0 Å². The van der Waals surface area contributed by atoms with Gasteiger partial charge in [-0.3, -0.25) is 4.79 Å². The molecule has 1 amide bonds. The molecular formula is C16H15N3O. The van der Waals surface area contributed by atoms with Crippen LogP contribution in [0, 0.1) is 0 Å². The highest BCUT2D eigenvalue weighted by Gasteiger charge is 2.28. The van der Waals surface area contributed by atoms with Crippen molar-refractivity contribution < 1.29 is 4.79 Å². The summed E-state index contributed by atoms with van der Waals surface area (Å²) in [5.74, 6) is -0.126. The quantitative estimate of drug-likeness (QED) is 0.832. The zero-order valence-electron chi connectivity index (χ0n) is 11.0. The molecule has 0 saturated heterocycles. The second kappa shape index (κ2) is 4.08. The molecule has 20 heavy (non-hydrogen) atoms. The lowest BCUT2D eigenvalue weighted by Gasteiger charge is -2.20. The van der Waals surface area contributed by atoms with Gasteiger partial charge in [-0.15, -0.1) is 0 Å². The van der Waals surface area contributed by atoms with Crippen LogP contribution in [-0.4, -0.2) is 12.5 Å². The van der Waals surface area contributed by atoms with Crippen molar-refractivity contribution in [3.8, 4) is 0 Å². The van der Waals surface area contributed by atoms with Gasteiger partial charge in [0.05, 0.1) is 0 Å². The van der Waals surface area contributed by atoms with E-state index in [1.165, 1.54) is 11.3 Å². The molecule has 0 saturated carbocycles. The zero-order chi connectivity index (χ0) is 13.7. The molecule has 2 aromatic rings. The summed E-state index contributed by atoms with van der Waals surface area (Å²) >= 11 is 0. The minimum atomic E-state index is -0.537. The molecule has 2 aliphatic rings. The van der Waals surface area contributed by atoms with Gasteiger partial charge in [0.25, 0.3) is 0 Å². The van der Waals surface area contributed by atoms with Crippen LogP contribution in [0.1, 0.15) is 17.2 Å². The van der Waals surface area contributed by atoms with Crippen molar-refractivity contribution in [1.82, 2.24) is 0 Å². The topological polar surface area (TPSA) is 58.4 Å². The molecule has 4 nitrogen and oxygen atoms in total. The minimum Gasteiger partial charge on any atom is -0.341 e. The average Bonchev–Trinajstić information content (AvgIpc) is 3.01. The number of hydrogen-bond acceptors (Lipinski definition) is 3. The number of hydrogen-bond donors (Lipinski definition) is 2. The molecule has 2 aromatic carbocycles. The third kappa shape index (κ3) is 1.55. The summed E-state index contributed by atoms with van der Waals surface area (Å²) < 4.78 is 0. The molecule has 4 heteroatoms. The molecule has 4 rings (SSSR count). The van der Waals surface area contributed by atoms with Crippen LogP contribution in [-0.2, 0) is 11.2 Å². The van der Waals surface area contributed by atoms with E-state index >= 15 is 0 Å². The fraction of sp³-hybridized carbons (Fsp3) is 0.188. The summed E-state index contributed by atoms with van der Waals surface area (Å²) in [6, 6.07) is 13.9. The van der Waals surface area contributed by atoms with Crippen molar-refractivity contribution in [2.75, 3.05) is 16.8 Å². The molecular weight excluding hydrogens is 250 g/mol. The first-order valence-corrected chi connectivity index (χ1v) is 6.80. The highest BCUT2D eigenvalue weighted by atomic mass is 16.2. The van der Waals surface area contributed by atoms with Gasteiger partial charge in [-0.2, -0.15) is 0 Å². The summed E-state index contributed by atoms with van der Waals surface area (Å²) in [5.41, 5.74) is 11.3. The number of nitrogens with one attached hydrogen (secondary N) is 1. The van der Waals surface area contributed by atoms with E-state index < -0.39 is 6.04 Å². The molecule has 2 heterocycles. The van der Waals surface area contributed by atoms with E-state index in [-0.39, 0.29) is 5.91 Å². The van der Waals surface area contributed by atoms with Crippen LogP contribution < -0.4 is 16.0 Å². The fourth-order valence-corrected chi connectivity index (χ4v) is 3.05. The standard InChI is InChI=1S/C16H15N3O/c17-15-12-6-5-11(9-13(12)18-16(15)20)19-8-7-10-3-1-2-4-14(10)19/h1-6,9,15H,7-8,17H2,(H,18,20). The largest absolute Gasteiger partial charge is 0.341 e. The summed E-state index contributed by atoms with van der Waals surface area (Å²) in [6.07, 6.45) is 1.05. The smallest absolute Gasteiger partial charge is 0.245 e. The Balaban J connectivity index is 1.75. The number of carbonyl (C=O) groups is 1. The highest BCUT2D eigenvalue weighted by Crippen LogP contribution is 2.38. The SMILES string of the molecule is NC1C(=O)Nc2cc(N3CCc4ccccc43)ccc21. The molecule has 0 fully saturated rings. The Morgan fingerprint density at radius 2 is 2.05 bits per heavy atom. The van der Waals surface area contributed by atoms with Crippen molar-refractivity contribution >= 4 is 23.0 Å². The second-order valence-corrected chi connectivity index (χ2v) is 5.27. The van der Waals surface area contributed by atoms with Gasteiger partial charge in [-0.25, -0.2) is 0 Å². The fourth-order valence-electron chi connectivity index (χ4n) is 3.05. The summed E-state index contributed by atoms with van der Waals surface area (Å²) in [6.45, 7) is 0.970. The zero-order valence-corrected chi connectivity index (χ0v) is 11.0. The minimum absolute atomic E-state index is 0.126. The molecule has 0 aliphatic carbocycles. The lowest BCUT2D eigenvalue weighted by Crippen LogP contribution is -2.19. The van der Waals surface area contributed by atoms with Crippen molar-refractivity contribution in [3.63, 3.8) is 0 Å². The predicted molar refractivity (Wildman–Crippen MR) is 79.2 cm³/mol. The highest BCUT2D eigenvalue weighted by molar-refractivity contribution is 6.03. The number of carbonyl (C=O) groups excluding carboxylic acids is 1. The first kappa shape index (κ1) is 11.5. The third-order valence-electron chi connectivity index (χ3n) is 4.11. The monoisotopic (exact) mass is 265 g/mol. The number of rotatable bonds is 1. The van der Waals surface area contributed by atoms with Gasteiger partial charge in [0, 0.05) is 29.2 Å². The lowest BCUT2D eigenvalue weighted by molar-refractivity contribution is -0.116. The Hall–Kier alpha value is -2.33. The lowest BCUT2D eigenvalue weighted by atomic mass is 10.1. The number of benzene rings is 2. The Morgan fingerprint density at radius 3 is 2.95 bits per heavy atom. The molecule has 2 aliphatic heterocycles. The normalized spacial score (nSPS) is 19.8. The van der Waals surface area contributed by atoms with E-state index in [9.17, 15) is 4.79 Å². The van der Waals surface area contributed by atoms with Crippen LogP contribution in [0.15, 0.2) is 42.5 Å². The number of fused-ring (bicyclic) bond motifs is 2. The van der Waals surface area contributed by atoms with E-state index in [2.05, 4.69) is 34.5 Å². The molecule has 0 radical (unpaired) electrons. The van der Waals surface area contributed by atoms with Gasteiger partial charge < -0.3 is 16.0 Å². The van der Waals surface area contributed by atoms with E-state index in [1.54, 1.807) is 0 Å². The first-order chi connectivity index (χ1) is 9.74. The van der Waals surface area contributed by atoms with Gasteiger partial charge in [-0.1, -0.05) is 24.3 Å². The van der Waals surface area contributed by atoms with Crippen LogP contribution in [0.3, 0.4) is 0 Å². The Kier molecular flexibility index (Phi) is 2.35. The average molecular weight is 265 g/mol. The summed E-state index contributed by atoms with van der Waals surface area (Å²) in [5, 5.41) is 2.84. The van der Waals surface area contributed by atoms with Gasteiger partial charge in [0.2, 0.25) is 5.91 Å². The van der Waals surface area contributed by atoms with E-state index in [0.29, 0.717) is 0 Å². The predicted octanol–water partition coefficient (Wildman–Crippen LogP) is 2.33. The molecule has 3 N–H and O–H groups in total. The maximum Gasteiger partial charge on any atom is 0.245 e. The first-order valence-electron chi connectivity index (χ1n) is 6.80. The molecule has 100 valence electrons. The van der Waals surface area contributed by atoms with Crippen LogP contribution in [0.2, 0.25) is 0 Å². The van der Waals surface area contributed by atoms with Crippen molar-refractivity contribution in [2.45, 2.75) is 12.5 Å². The summed E-state index contributed by atoms with van der Waals surface area (Å²) in [4.78, 5) is 13.9. The van der Waals surface area contributed by atoms with Gasteiger partial charge >= 0.3 is 0 Å². The van der Waals surface area contributed by atoms with Crippen LogP contribution >= 0.6 is 0 Å². The molecule has 0 spiro atoms. The van der Waals surface area contributed by atoms with Crippen LogP contribution in [0.4, 0.5) is 17.1 Å². The Morgan fingerprint density at radius 1 is 1.20 bits per heavy atom. The Bertz CT molecular complexity index is 711. The number of nitrogens with zero attached hydrogens (tertiary/aromatic N) is 1. The van der Waals surface area contributed by atoms with Crippen LogP contribution in [0.5, 0.6) is 0 Å². The van der Waals surface area contributed by atoms with E-state index in [4.69, 9.17) is 5.73 Å². The number of para-hydroxylation sites is 1. The molecule has 0 aromatic heterocycles. The number of anilines is 3. The molecule has 1 atom stereocenters. The van der Waals surface area contributed by atoms with E-state index in [1.807, 2.05) is 18.2 Å². The maximum absolute atomic E-state index is 11.6. The van der Waals surface area contributed by atoms with Crippen LogP contribution in [0.25, 0.3) is 0 Å². The van der Waals surface area contributed by atoms with E-state index in [0.717, 1.165) is 29.9 Å². The van der Waals surface area contributed by atoms with Gasteiger partial charge in [0.1, 0.15) is 6.04 Å².